The Morgan fingerprint density at radius 2 is 1.52 bits per heavy atom. The van der Waals surface area contributed by atoms with Gasteiger partial charge in [-0.3, -0.25) is 4.79 Å². The van der Waals surface area contributed by atoms with Crippen molar-refractivity contribution in [3.63, 3.8) is 0 Å². The number of alkyl halides is 3. The summed E-state index contributed by atoms with van der Waals surface area (Å²) in [5.74, 6) is -2.10. The Balaban J connectivity index is 2.13. The summed E-state index contributed by atoms with van der Waals surface area (Å²) >= 11 is 18.2. The molecule has 0 saturated heterocycles. The number of hydrogen-bond acceptors (Lipinski definition) is 3. The van der Waals surface area contributed by atoms with Gasteiger partial charge in [-0.25, -0.2) is 4.79 Å². The molecule has 0 spiro atoms. The van der Waals surface area contributed by atoms with Gasteiger partial charge in [0, 0.05) is 0 Å². The summed E-state index contributed by atoms with van der Waals surface area (Å²) in [6.07, 6.45) is -1.97. The Hall–Kier alpha value is -1.54. The minimum atomic E-state index is -4.87. The zero-order valence-electron chi connectivity index (χ0n) is 14.5. The van der Waals surface area contributed by atoms with Gasteiger partial charge >= 0.3 is 12.1 Å². The Morgan fingerprint density at radius 3 is 2.00 bits per heavy atom. The lowest BCUT2D eigenvalue weighted by Gasteiger charge is -2.15. The number of allylic oxidation sites excluding steroid dienone is 2. The van der Waals surface area contributed by atoms with Gasteiger partial charge in [0.05, 0.1) is 25.5 Å². The van der Waals surface area contributed by atoms with Crippen LogP contribution < -0.4 is 0 Å². The molecule has 2 aromatic rings. The number of carbonyl (C=O) groups excluding carboxylic acids is 1. The number of benzene rings is 1. The third kappa shape index (κ3) is 4.48. The zero-order valence-corrected chi connectivity index (χ0v) is 17.6. The van der Waals surface area contributed by atoms with Crippen molar-refractivity contribution in [2.75, 3.05) is 0 Å². The summed E-state index contributed by atoms with van der Waals surface area (Å²) < 4.78 is 41.1. The van der Waals surface area contributed by atoms with Crippen LogP contribution in [0.15, 0.2) is 18.2 Å². The van der Waals surface area contributed by atoms with Crippen LogP contribution in [0.25, 0.3) is 5.57 Å². The number of hydrogen-bond donors (Lipinski definition) is 1. The maximum Gasteiger partial charge on any atom is 0.417 e. The quantitative estimate of drug-likeness (QED) is 0.286. The Kier molecular flexibility index (Phi) is 6.34. The molecule has 10 heteroatoms. The van der Waals surface area contributed by atoms with Crippen LogP contribution in [-0.2, 0) is 12.8 Å². The van der Waals surface area contributed by atoms with E-state index in [1.54, 1.807) is 0 Å². The SMILES string of the molecule is O=C(O)c1sc(C(=O)C=C(c2cc(Cl)c(Cl)c(Cl)c2)C(F)(F)F)c2c1CCCC2. The van der Waals surface area contributed by atoms with Crippen LogP contribution >= 0.6 is 46.1 Å². The summed E-state index contributed by atoms with van der Waals surface area (Å²) in [6, 6.07) is 1.96. The number of carboxylic acid groups (broad SMARTS) is 1. The highest BCUT2D eigenvalue weighted by molar-refractivity contribution is 7.16. The van der Waals surface area contributed by atoms with Crippen molar-refractivity contribution in [3.05, 3.63) is 59.7 Å². The van der Waals surface area contributed by atoms with E-state index in [0.717, 1.165) is 25.0 Å². The first-order chi connectivity index (χ1) is 13.5. The van der Waals surface area contributed by atoms with Gasteiger partial charge < -0.3 is 5.11 Å². The number of fused-ring (bicyclic) bond motifs is 1. The van der Waals surface area contributed by atoms with Crippen molar-refractivity contribution < 1.29 is 27.9 Å². The fourth-order valence-corrected chi connectivity index (χ4v) is 4.98. The van der Waals surface area contributed by atoms with Crippen molar-refractivity contribution >= 4 is 63.5 Å². The molecule has 1 aliphatic rings. The van der Waals surface area contributed by atoms with E-state index in [0.29, 0.717) is 41.4 Å². The zero-order chi connectivity index (χ0) is 21.5. The van der Waals surface area contributed by atoms with E-state index in [-0.39, 0.29) is 24.8 Å². The minimum absolute atomic E-state index is 0.00240. The number of halogens is 6. The van der Waals surface area contributed by atoms with Crippen LogP contribution in [-0.4, -0.2) is 23.0 Å². The van der Waals surface area contributed by atoms with Crippen molar-refractivity contribution in [1.29, 1.82) is 0 Å². The molecule has 1 aliphatic carbocycles. The third-order valence-electron chi connectivity index (χ3n) is 4.51. The second-order valence-electron chi connectivity index (χ2n) is 6.40. The first kappa shape index (κ1) is 22.2. The first-order valence-electron chi connectivity index (χ1n) is 8.36. The highest BCUT2D eigenvalue weighted by Crippen LogP contribution is 2.41. The molecule has 0 bridgehead atoms. The average Bonchev–Trinajstić information content (AvgIpc) is 3.03. The molecular formula is C19H12Cl3F3O3S. The lowest BCUT2D eigenvalue weighted by atomic mass is 9.91. The molecule has 29 heavy (non-hydrogen) atoms. The van der Waals surface area contributed by atoms with Crippen molar-refractivity contribution in [1.82, 2.24) is 0 Å². The first-order valence-corrected chi connectivity index (χ1v) is 10.3. The van der Waals surface area contributed by atoms with Crippen LogP contribution in [0.4, 0.5) is 13.2 Å². The Labute approximate surface area is 182 Å². The van der Waals surface area contributed by atoms with E-state index in [1.165, 1.54) is 0 Å². The predicted molar refractivity (Wildman–Crippen MR) is 108 cm³/mol. The molecule has 1 N–H and O–H groups in total. The fraction of sp³-hybridized carbons (Fsp3) is 0.263. The number of rotatable bonds is 4. The maximum atomic E-state index is 13.7. The molecule has 0 amide bonds. The second-order valence-corrected chi connectivity index (χ2v) is 8.62. The highest BCUT2D eigenvalue weighted by Gasteiger charge is 2.37. The topological polar surface area (TPSA) is 54.4 Å². The molecule has 0 unspecified atom stereocenters. The molecule has 154 valence electrons. The predicted octanol–water partition coefficient (Wildman–Crippen LogP) is 7.11. The monoisotopic (exact) mass is 482 g/mol. The van der Waals surface area contributed by atoms with Crippen molar-refractivity contribution in [3.8, 4) is 0 Å². The van der Waals surface area contributed by atoms with Crippen LogP contribution in [0.1, 0.15) is 48.9 Å². The average molecular weight is 484 g/mol. The molecule has 3 nitrogen and oxygen atoms in total. The number of ketones is 1. The number of carbonyl (C=O) groups is 2. The summed E-state index contributed by atoms with van der Waals surface area (Å²) in [5.41, 5.74) is -0.586. The Bertz CT molecular complexity index is 1020. The van der Waals surface area contributed by atoms with Gasteiger partial charge in [-0.05, 0) is 60.6 Å². The second kappa shape index (κ2) is 8.30. The molecular weight excluding hydrogens is 472 g/mol. The van der Waals surface area contributed by atoms with Crippen molar-refractivity contribution in [2.45, 2.75) is 31.9 Å². The lowest BCUT2D eigenvalue weighted by Crippen LogP contribution is -2.13. The van der Waals surface area contributed by atoms with E-state index in [9.17, 15) is 27.9 Å². The molecule has 1 aromatic carbocycles. The summed E-state index contributed by atoms with van der Waals surface area (Å²) in [5, 5.41) is 8.92. The smallest absolute Gasteiger partial charge is 0.417 e. The number of aromatic carboxylic acids is 1. The molecule has 1 aromatic heterocycles. The maximum absolute atomic E-state index is 13.7. The van der Waals surface area contributed by atoms with E-state index >= 15 is 0 Å². The molecule has 3 rings (SSSR count). The van der Waals surface area contributed by atoms with Crippen LogP contribution in [0, 0.1) is 0 Å². The largest absolute Gasteiger partial charge is 0.477 e. The molecule has 0 fully saturated rings. The van der Waals surface area contributed by atoms with Crippen LogP contribution in [0.2, 0.25) is 15.1 Å². The van der Waals surface area contributed by atoms with E-state index in [4.69, 9.17) is 34.8 Å². The van der Waals surface area contributed by atoms with Crippen LogP contribution in [0.5, 0.6) is 0 Å². The number of thiophene rings is 1. The number of carboxylic acids is 1. The Morgan fingerprint density at radius 1 is 1.00 bits per heavy atom. The minimum Gasteiger partial charge on any atom is -0.477 e. The molecule has 0 radical (unpaired) electrons. The van der Waals surface area contributed by atoms with Gasteiger partial charge in [0.25, 0.3) is 0 Å². The molecule has 0 saturated carbocycles. The fourth-order valence-electron chi connectivity index (χ4n) is 3.24. The standard InChI is InChI=1S/C19H12Cl3F3O3S/c20-12-5-8(6-13(21)15(12)22)11(19(23,24)25)7-14(26)16-9-3-1-2-4-10(9)17(29-16)18(27)28/h5-7H,1-4H2,(H,27,28). The lowest BCUT2D eigenvalue weighted by molar-refractivity contribution is -0.0689. The summed E-state index contributed by atoms with van der Waals surface area (Å²) in [6.45, 7) is 0. The molecule has 0 aliphatic heterocycles. The van der Waals surface area contributed by atoms with Gasteiger partial charge in [0.2, 0.25) is 0 Å². The van der Waals surface area contributed by atoms with E-state index < -0.39 is 29.1 Å². The normalized spacial score (nSPS) is 14.6. The van der Waals surface area contributed by atoms with E-state index in [1.807, 2.05) is 0 Å². The van der Waals surface area contributed by atoms with Gasteiger partial charge in [-0.1, -0.05) is 34.8 Å². The van der Waals surface area contributed by atoms with Gasteiger partial charge in [0.15, 0.2) is 5.78 Å². The van der Waals surface area contributed by atoms with Gasteiger partial charge in [-0.2, -0.15) is 13.2 Å². The highest BCUT2D eigenvalue weighted by atomic mass is 35.5. The van der Waals surface area contributed by atoms with Crippen LogP contribution in [0.3, 0.4) is 0 Å². The van der Waals surface area contributed by atoms with Crippen molar-refractivity contribution in [2.24, 2.45) is 0 Å². The summed E-state index contributed by atoms with van der Waals surface area (Å²) in [4.78, 5) is 24.3. The molecule has 0 atom stereocenters. The molecule has 1 heterocycles. The third-order valence-corrected chi connectivity index (χ3v) is 6.99. The summed E-state index contributed by atoms with van der Waals surface area (Å²) in [7, 11) is 0. The van der Waals surface area contributed by atoms with Gasteiger partial charge in [-0.15, -0.1) is 11.3 Å². The van der Waals surface area contributed by atoms with Gasteiger partial charge in [0.1, 0.15) is 4.88 Å². The van der Waals surface area contributed by atoms with E-state index in [2.05, 4.69) is 0 Å².